The van der Waals surface area contributed by atoms with E-state index in [9.17, 15) is 9.59 Å². The van der Waals surface area contributed by atoms with Gasteiger partial charge in [0.05, 0.1) is 18.4 Å². The lowest BCUT2D eigenvalue weighted by Crippen LogP contribution is -2.11. The van der Waals surface area contributed by atoms with Gasteiger partial charge in [0.2, 0.25) is 0 Å². The van der Waals surface area contributed by atoms with Crippen LogP contribution < -0.4 is 0 Å². The van der Waals surface area contributed by atoms with Crippen LogP contribution >= 0.6 is 15.9 Å². The lowest BCUT2D eigenvalue weighted by Gasteiger charge is -2.05. The third-order valence-electron chi connectivity index (χ3n) is 2.15. The van der Waals surface area contributed by atoms with E-state index < -0.39 is 0 Å². The monoisotopic (exact) mass is 284 g/mol. The zero-order valence-corrected chi connectivity index (χ0v) is 10.8. The molecule has 1 aromatic rings. The molecule has 16 heavy (non-hydrogen) atoms. The van der Waals surface area contributed by atoms with Crippen molar-refractivity contribution in [2.45, 2.75) is 18.2 Å². The van der Waals surface area contributed by atoms with E-state index in [0.29, 0.717) is 5.56 Å². The lowest BCUT2D eigenvalue weighted by molar-refractivity contribution is -0.139. The lowest BCUT2D eigenvalue weighted by atomic mass is 10.0. The minimum Gasteiger partial charge on any atom is -0.469 e. The van der Waals surface area contributed by atoms with E-state index in [4.69, 9.17) is 0 Å². The van der Waals surface area contributed by atoms with Crippen LogP contribution in [0.25, 0.3) is 0 Å². The number of hydrogen-bond donors (Lipinski definition) is 0. The molecule has 0 aliphatic heterocycles. The van der Waals surface area contributed by atoms with Crippen molar-refractivity contribution in [2.24, 2.45) is 0 Å². The van der Waals surface area contributed by atoms with E-state index in [0.717, 1.165) is 5.56 Å². The van der Waals surface area contributed by atoms with E-state index in [-0.39, 0.29) is 23.0 Å². The van der Waals surface area contributed by atoms with Gasteiger partial charge in [-0.25, -0.2) is 0 Å². The fourth-order valence-electron chi connectivity index (χ4n) is 1.30. The summed E-state index contributed by atoms with van der Waals surface area (Å²) in [5.41, 5.74) is 1.39. The van der Waals surface area contributed by atoms with Gasteiger partial charge >= 0.3 is 5.97 Å². The first-order valence-corrected chi connectivity index (χ1v) is 5.80. The highest BCUT2D eigenvalue weighted by Gasteiger charge is 2.12. The molecule has 0 heterocycles. The van der Waals surface area contributed by atoms with Crippen molar-refractivity contribution >= 4 is 27.7 Å². The van der Waals surface area contributed by atoms with E-state index in [1.54, 1.807) is 31.2 Å². The number of Topliss-reactive ketones (excluding diaryl/α,β-unsaturated/α-hetero) is 1. The van der Waals surface area contributed by atoms with Crippen molar-refractivity contribution in [3.8, 4) is 0 Å². The summed E-state index contributed by atoms with van der Waals surface area (Å²) in [6.07, 6.45) is 0.189. The second-order valence-electron chi connectivity index (χ2n) is 3.43. The third-order valence-corrected chi connectivity index (χ3v) is 2.56. The molecular weight excluding hydrogens is 272 g/mol. The molecule has 0 N–H and O–H groups in total. The standard InChI is InChI=1S/C12H13BrO3/c1-8(13)12(15)10-5-3-4-9(6-10)7-11(14)16-2/h3-6,8H,7H2,1-2H3. The molecule has 1 unspecified atom stereocenters. The van der Waals surface area contributed by atoms with Gasteiger partial charge in [0.25, 0.3) is 0 Å². The highest BCUT2D eigenvalue weighted by atomic mass is 79.9. The van der Waals surface area contributed by atoms with Gasteiger partial charge in [-0.15, -0.1) is 0 Å². The topological polar surface area (TPSA) is 43.4 Å². The molecule has 0 radical (unpaired) electrons. The van der Waals surface area contributed by atoms with Crippen LogP contribution in [0.2, 0.25) is 0 Å². The fourth-order valence-corrected chi connectivity index (χ4v) is 1.57. The molecule has 1 rings (SSSR count). The van der Waals surface area contributed by atoms with Gasteiger partial charge in [-0.3, -0.25) is 9.59 Å². The average Bonchev–Trinajstić information content (AvgIpc) is 2.28. The second-order valence-corrected chi connectivity index (χ2v) is 4.81. The fraction of sp³-hybridized carbons (Fsp3) is 0.333. The number of methoxy groups -OCH3 is 1. The van der Waals surface area contributed by atoms with Crippen LogP contribution in [0.1, 0.15) is 22.8 Å². The molecule has 0 aromatic heterocycles. The molecule has 86 valence electrons. The summed E-state index contributed by atoms with van der Waals surface area (Å²) in [6, 6.07) is 7.02. The van der Waals surface area contributed by atoms with Crippen molar-refractivity contribution in [3.63, 3.8) is 0 Å². The molecule has 0 spiro atoms. The van der Waals surface area contributed by atoms with Crippen LogP contribution in [-0.2, 0) is 16.0 Å². The summed E-state index contributed by atoms with van der Waals surface area (Å²) in [5.74, 6) is -0.303. The van der Waals surface area contributed by atoms with Crippen molar-refractivity contribution in [3.05, 3.63) is 35.4 Å². The molecule has 4 heteroatoms. The molecule has 0 fully saturated rings. The number of hydrogen-bond acceptors (Lipinski definition) is 3. The third kappa shape index (κ3) is 3.45. The summed E-state index contributed by atoms with van der Waals surface area (Å²) < 4.78 is 4.57. The highest BCUT2D eigenvalue weighted by molar-refractivity contribution is 9.10. The van der Waals surface area contributed by atoms with Crippen LogP contribution in [-0.4, -0.2) is 23.7 Å². The first kappa shape index (κ1) is 12.9. The van der Waals surface area contributed by atoms with Gasteiger partial charge in [-0.05, 0) is 18.6 Å². The minimum absolute atomic E-state index is 0.00622. The first-order valence-electron chi connectivity index (χ1n) is 4.88. The number of ketones is 1. The van der Waals surface area contributed by atoms with Gasteiger partial charge < -0.3 is 4.74 Å². The molecule has 0 aliphatic carbocycles. The zero-order valence-electron chi connectivity index (χ0n) is 9.20. The van der Waals surface area contributed by atoms with Crippen LogP contribution in [0, 0.1) is 0 Å². The normalized spacial score (nSPS) is 11.9. The molecule has 3 nitrogen and oxygen atoms in total. The smallest absolute Gasteiger partial charge is 0.309 e. The number of carbonyl (C=O) groups is 2. The Bertz CT molecular complexity index is 399. The highest BCUT2D eigenvalue weighted by Crippen LogP contribution is 2.12. The Morgan fingerprint density at radius 3 is 2.69 bits per heavy atom. The van der Waals surface area contributed by atoms with Crippen LogP contribution in [0.4, 0.5) is 0 Å². The van der Waals surface area contributed by atoms with E-state index >= 15 is 0 Å². The maximum atomic E-state index is 11.7. The zero-order chi connectivity index (χ0) is 12.1. The molecule has 0 aliphatic rings. The first-order chi connectivity index (χ1) is 7.54. The summed E-state index contributed by atoms with van der Waals surface area (Å²) in [5, 5.41) is 0. The molecule has 0 saturated carbocycles. The maximum Gasteiger partial charge on any atom is 0.309 e. The van der Waals surface area contributed by atoms with Crippen LogP contribution in [0.3, 0.4) is 0 Å². The summed E-state index contributed by atoms with van der Waals surface area (Å²) in [7, 11) is 1.35. The summed E-state index contributed by atoms with van der Waals surface area (Å²) >= 11 is 3.22. The largest absolute Gasteiger partial charge is 0.469 e. The number of esters is 1. The van der Waals surface area contributed by atoms with Gasteiger partial charge in [0, 0.05) is 5.56 Å². The number of alkyl halides is 1. The molecule has 1 aromatic carbocycles. The molecule has 0 bridgehead atoms. The number of benzene rings is 1. The van der Waals surface area contributed by atoms with E-state index in [2.05, 4.69) is 20.7 Å². The molecular formula is C12H13BrO3. The minimum atomic E-state index is -0.309. The van der Waals surface area contributed by atoms with Crippen molar-refractivity contribution in [1.29, 1.82) is 0 Å². The van der Waals surface area contributed by atoms with E-state index in [1.165, 1.54) is 7.11 Å². The van der Waals surface area contributed by atoms with Gasteiger partial charge in [-0.2, -0.15) is 0 Å². The SMILES string of the molecule is COC(=O)Cc1cccc(C(=O)C(C)Br)c1. The van der Waals surface area contributed by atoms with Crippen molar-refractivity contribution in [1.82, 2.24) is 0 Å². The Morgan fingerprint density at radius 1 is 1.44 bits per heavy atom. The quantitative estimate of drug-likeness (QED) is 0.484. The van der Waals surface area contributed by atoms with Crippen LogP contribution in [0.15, 0.2) is 24.3 Å². The van der Waals surface area contributed by atoms with Crippen molar-refractivity contribution < 1.29 is 14.3 Å². The second kappa shape index (κ2) is 5.80. The predicted molar refractivity (Wildman–Crippen MR) is 64.9 cm³/mol. The predicted octanol–water partition coefficient (Wildman–Crippen LogP) is 2.37. The molecule has 0 saturated heterocycles. The van der Waals surface area contributed by atoms with Gasteiger partial charge in [0.15, 0.2) is 5.78 Å². The number of halogens is 1. The average molecular weight is 285 g/mol. The summed E-state index contributed by atoms with van der Waals surface area (Å²) in [4.78, 5) is 22.5. The number of carbonyl (C=O) groups excluding carboxylic acids is 2. The Kier molecular flexibility index (Phi) is 4.68. The van der Waals surface area contributed by atoms with Gasteiger partial charge in [0.1, 0.15) is 0 Å². The van der Waals surface area contributed by atoms with Crippen LogP contribution in [0.5, 0.6) is 0 Å². The Morgan fingerprint density at radius 2 is 2.12 bits per heavy atom. The van der Waals surface area contributed by atoms with E-state index in [1.807, 2.05) is 0 Å². The maximum absolute atomic E-state index is 11.7. The number of ether oxygens (including phenoxy) is 1. The molecule has 1 atom stereocenters. The van der Waals surface area contributed by atoms with Gasteiger partial charge in [-0.1, -0.05) is 34.1 Å². The molecule has 0 amide bonds. The Labute approximate surface area is 103 Å². The van der Waals surface area contributed by atoms with Crippen molar-refractivity contribution in [2.75, 3.05) is 7.11 Å². The summed E-state index contributed by atoms with van der Waals surface area (Å²) in [6.45, 7) is 1.77. The Hall–Kier alpha value is -1.16. The Balaban J connectivity index is 2.87. The number of rotatable bonds is 4.